The van der Waals surface area contributed by atoms with E-state index < -0.39 is 22.0 Å². The van der Waals surface area contributed by atoms with Crippen molar-refractivity contribution in [2.45, 2.75) is 37.1 Å². The molecular formula is C18H23N3O5S. The van der Waals surface area contributed by atoms with Crippen molar-refractivity contribution in [3.8, 4) is 5.75 Å². The molecule has 1 unspecified atom stereocenters. The van der Waals surface area contributed by atoms with Gasteiger partial charge in [-0.05, 0) is 48.7 Å². The van der Waals surface area contributed by atoms with Crippen LogP contribution in [-0.4, -0.2) is 37.2 Å². The molecule has 9 heteroatoms. The predicted molar refractivity (Wildman–Crippen MR) is 98.8 cm³/mol. The molecule has 2 rings (SSSR count). The van der Waals surface area contributed by atoms with Gasteiger partial charge in [-0.1, -0.05) is 19.4 Å². The molecule has 27 heavy (non-hydrogen) atoms. The maximum Gasteiger partial charge on any atom is 0.261 e. The van der Waals surface area contributed by atoms with Crippen LogP contribution in [-0.2, 0) is 21.2 Å². The number of unbranched alkanes of at least 4 members (excludes halogenated alkanes) is 1. The number of nitrogens with zero attached hydrogens (tertiary/aromatic N) is 1. The fraction of sp³-hybridized carbons (Fsp3) is 0.333. The molecule has 0 aliphatic heterocycles. The average molecular weight is 393 g/mol. The highest BCUT2D eigenvalue weighted by atomic mass is 32.2. The minimum absolute atomic E-state index is 0.00716. The molecule has 1 aromatic heterocycles. The fourth-order valence-corrected chi connectivity index (χ4v) is 3.52. The number of rotatable bonds is 10. The number of ether oxygens (including phenoxy) is 1. The third kappa shape index (κ3) is 6.31. The van der Waals surface area contributed by atoms with Crippen molar-refractivity contribution in [3.63, 3.8) is 0 Å². The Kier molecular flexibility index (Phi) is 7.71. The molecule has 146 valence electrons. The van der Waals surface area contributed by atoms with Crippen LogP contribution in [0.3, 0.4) is 0 Å². The molecule has 3 N–H and O–H groups in total. The standard InChI is InChI=1S/C18H23N3O5S/c1-2-3-11-26-15-6-8-16(9-7-15)27(24,25)21-17(18(22)20-23)12-14-5-4-10-19-13-14/h4-10,13,17,21,23H,2-3,11-12H2,1H3,(H,20,22). The third-order valence-corrected chi connectivity index (χ3v) is 5.27. The Morgan fingerprint density at radius 2 is 2.00 bits per heavy atom. The lowest BCUT2D eigenvalue weighted by molar-refractivity contribution is -0.130. The van der Waals surface area contributed by atoms with E-state index in [0.29, 0.717) is 17.9 Å². The van der Waals surface area contributed by atoms with Crippen LogP contribution in [0.15, 0.2) is 53.7 Å². The molecule has 1 heterocycles. The van der Waals surface area contributed by atoms with Crippen molar-refractivity contribution in [3.05, 3.63) is 54.4 Å². The maximum atomic E-state index is 12.6. The summed E-state index contributed by atoms with van der Waals surface area (Å²) in [6, 6.07) is 8.13. The van der Waals surface area contributed by atoms with Gasteiger partial charge >= 0.3 is 0 Å². The molecule has 0 aliphatic carbocycles. The van der Waals surface area contributed by atoms with Crippen molar-refractivity contribution in [2.75, 3.05) is 6.61 Å². The van der Waals surface area contributed by atoms with Gasteiger partial charge in [0, 0.05) is 12.4 Å². The van der Waals surface area contributed by atoms with E-state index in [1.807, 2.05) is 0 Å². The molecule has 0 saturated carbocycles. The number of benzene rings is 1. The zero-order chi connectivity index (χ0) is 19.7. The second-order valence-corrected chi connectivity index (χ2v) is 7.60. The molecule has 0 bridgehead atoms. The molecule has 8 nitrogen and oxygen atoms in total. The first-order chi connectivity index (χ1) is 13.0. The molecule has 0 fully saturated rings. The molecule has 1 aromatic carbocycles. The van der Waals surface area contributed by atoms with E-state index in [9.17, 15) is 13.2 Å². The Bertz CT molecular complexity index is 826. The third-order valence-electron chi connectivity index (χ3n) is 3.79. The number of carbonyl (C=O) groups excluding carboxylic acids is 1. The van der Waals surface area contributed by atoms with Crippen molar-refractivity contribution in [2.24, 2.45) is 0 Å². The van der Waals surface area contributed by atoms with Crippen molar-refractivity contribution in [1.29, 1.82) is 0 Å². The second-order valence-electron chi connectivity index (χ2n) is 5.89. The molecule has 0 spiro atoms. The predicted octanol–water partition coefficient (Wildman–Crippen LogP) is 1.66. The summed E-state index contributed by atoms with van der Waals surface area (Å²) in [5, 5.41) is 8.92. The summed E-state index contributed by atoms with van der Waals surface area (Å²) in [6.07, 6.45) is 5.04. The number of hydrogen-bond acceptors (Lipinski definition) is 6. The van der Waals surface area contributed by atoms with Gasteiger partial charge < -0.3 is 4.74 Å². The zero-order valence-corrected chi connectivity index (χ0v) is 15.8. The Balaban J connectivity index is 2.11. The van der Waals surface area contributed by atoms with E-state index in [0.717, 1.165) is 12.8 Å². The first-order valence-electron chi connectivity index (χ1n) is 8.54. The van der Waals surface area contributed by atoms with Gasteiger partial charge in [-0.2, -0.15) is 4.72 Å². The van der Waals surface area contributed by atoms with Crippen LogP contribution in [0.25, 0.3) is 0 Å². The normalized spacial score (nSPS) is 12.4. The average Bonchev–Trinajstić information content (AvgIpc) is 2.68. The summed E-state index contributed by atoms with van der Waals surface area (Å²) < 4.78 is 33.0. The highest BCUT2D eigenvalue weighted by molar-refractivity contribution is 7.89. The van der Waals surface area contributed by atoms with Crippen LogP contribution in [0.2, 0.25) is 0 Å². The summed E-state index contributed by atoms with van der Waals surface area (Å²) in [5.41, 5.74) is 2.14. The van der Waals surface area contributed by atoms with Crippen LogP contribution >= 0.6 is 0 Å². The zero-order valence-electron chi connectivity index (χ0n) is 15.0. The number of sulfonamides is 1. The van der Waals surface area contributed by atoms with Gasteiger partial charge in [0.1, 0.15) is 11.8 Å². The molecule has 0 aliphatic rings. The van der Waals surface area contributed by atoms with Crippen molar-refractivity contribution < 1.29 is 23.2 Å². The van der Waals surface area contributed by atoms with Crippen LogP contribution < -0.4 is 14.9 Å². The smallest absolute Gasteiger partial charge is 0.261 e. The molecule has 0 radical (unpaired) electrons. The monoisotopic (exact) mass is 393 g/mol. The summed E-state index contributed by atoms with van der Waals surface area (Å²) >= 11 is 0. The minimum atomic E-state index is -3.97. The van der Waals surface area contributed by atoms with Gasteiger partial charge in [-0.25, -0.2) is 13.9 Å². The molecule has 0 saturated heterocycles. The van der Waals surface area contributed by atoms with Crippen molar-refractivity contribution >= 4 is 15.9 Å². The lowest BCUT2D eigenvalue weighted by atomic mass is 10.1. The number of aromatic nitrogens is 1. The Hall–Kier alpha value is -2.49. The maximum absolute atomic E-state index is 12.6. The van der Waals surface area contributed by atoms with E-state index in [4.69, 9.17) is 9.94 Å². The molecule has 1 atom stereocenters. The first kappa shape index (κ1) is 20.8. The number of carbonyl (C=O) groups is 1. The van der Waals surface area contributed by atoms with E-state index in [-0.39, 0.29) is 11.3 Å². The number of pyridine rings is 1. The lowest BCUT2D eigenvalue weighted by Gasteiger charge is -2.17. The van der Waals surface area contributed by atoms with E-state index in [2.05, 4.69) is 16.6 Å². The van der Waals surface area contributed by atoms with Crippen LogP contribution in [0.5, 0.6) is 5.75 Å². The highest BCUT2D eigenvalue weighted by Crippen LogP contribution is 2.17. The van der Waals surface area contributed by atoms with Gasteiger partial charge in [0.05, 0.1) is 11.5 Å². The number of hydroxylamine groups is 1. The fourth-order valence-electron chi connectivity index (χ4n) is 2.33. The summed E-state index contributed by atoms with van der Waals surface area (Å²) in [4.78, 5) is 15.8. The van der Waals surface area contributed by atoms with E-state index in [1.54, 1.807) is 30.5 Å². The van der Waals surface area contributed by atoms with Gasteiger partial charge in [0.15, 0.2) is 0 Å². The Morgan fingerprint density at radius 1 is 1.26 bits per heavy atom. The number of hydrogen-bond donors (Lipinski definition) is 3. The SMILES string of the molecule is CCCCOc1ccc(S(=O)(=O)NC(Cc2cccnc2)C(=O)NO)cc1. The van der Waals surface area contributed by atoms with Gasteiger partial charge in [-0.3, -0.25) is 15.0 Å². The van der Waals surface area contributed by atoms with Crippen molar-refractivity contribution in [1.82, 2.24) is 15.2 Å². The second kappa shape index (κ2) is 10.0. The summed E-state index contributed by atoms with van der Waals surface area (Å²) in [6.45, 7) is 2.61. The number of amides is 1. The van der Waals surface area contributed by atoms with Crippen LogP contribution in [0, 0.1) is 0 Å². The van der Waals surface area contributed by atoms with Gasteiger partial charge in [0.2, 0.25) is 10.0 Å². The number of nitrogens with one attached hydrogen (secondary N) is 2. The molecule has 2 aromatic rings. The Labute approximate surface area is 158 Å². The molecule has 1 amide bonds. The van der Waals surface area contributed by atoms with Gasteiger partial charge in [0.25, 0.3) is 5.91 Å². The lowest BCUT2D eigenvalue weighted by Crippen LogP contribution is -2.47. The summed E-state index contributed by atoms with van der Waals surface area (Å²) in [7, 11) is -3.97. The van der Waals surface area contributed by atoms with Crippen LogP contribution in [0.1, 0.15) is 25.3 Å². The van der Waals surface area contributed by atoms with E-state index in [1.165, 1.54) is 23.8 Å². The minimum Gasteiger partial charge on any atom is -0.494 e. The highest BCUT2D eigenvalue weighted by Gasteiger charge is 2.26. The molecular weight excluding hydrogens is 370 g/mol. The van der Waals surface area contributed by atoms with E-state index >= 15 is 0 Å². The quantitative estimate of drug-likeness (QED) is 0.321. The van der Waals surface area contributed by atoms with Crippen LogP contribution in [0.4, 0.5) is 0 Å². The Morgan fingerprint density at radius 3 is 2.59 bits per heavy atom. The first-order valence-corrected chi connectivity index (χ1v) is 10.0. The summed E-state index contributed by atoms with van der Waals surface area (Å²) in [5.74, 6) is -0.288. The largest absolute Gasteiger partial charge is 0.494 e. The van der Waals surface area contributed by atoms with Gasteiger partial charge in [-0.15, -0.1) is 0 Å². The topological polar surface area (TPSA) is 118 Å².